The van der Waals surface area contributed by atoms with E-state index in [9.17, 15) is 9.90 Å². The summed E-state index contributed by atoms with van der Waals surface area (Å²) in [5.41, 5.74) is 0. The minimum atomic E-state index is -0.681. The lowest BCUT2D eigenvalue weighted by molar-refractivity contribution is -0.143. The summed E-state index contributed by atoms with van der Waals surface area (Å²) in [5, 5.41) is 17.5. The van der Waals surface area contributed by atoms with Crippen LogP contribution in [0.15, 0.2) is 6.33 Å². The fourth-order valence-corrected chi connectivity index (χ4v) is 2.89. The molecule has 92 valence electrons. The molecule has 3 rings (SSSR count). The van der Waals surface area contributed by atoms with Crippen LogP contribution in [0.25, 0.3) is 0 Å². The summed E-state index contributed by atoms with van der Waals surface area (Å²) in [6.45, 7) is 0. The highest BCUT2D eigenvalue weighted by atomic mass is 16.4. The maximum absolute atomic E-state index is 11.3. The molecule has 1 heterocycles. The molecule has 0 radical (unpaired) electrons. The summed E-state index contributed by atoms with van der Waals surface area (Å²) in [6.07, 6.45) is 7.95. The number of rotatable bonds is 3. The molecule has 1 aromatic rings. The number of carboxylic acid groups (broad SMARTS) is 1. The number of carboxylic acids is 1. The summed E-state index contributed by atoms with van der Waals surface area (Å²) in [5.74, 6) is 0.00875. The fourth-order valence-electron chi connectivity index (χ4n) is 2.89. The topological polar surface area (TPSA) is 68.0 Å². The normalized spacial score (nSPS) is 29.2. The molecule has 2 atom stereocenters. The van der Waals surface area contributed by atoms with Crippen LogP contribution in [0.3, 0.4) is 0 Å². The van der Waals surface area contributed by atoms with Crippen molar-refractivity contribution in [2.75, 3.05) is 0 Å². The van der Waals surface area contributed by atoms with E-state index in [2.05, 4.69) is 14.8 Å². The zero-order valence-corrected chi connectivity index (χ0v) is 9.75. The predicted octanol–water partition coefficient (Wildman–Crippen LogP) is 1.97. The Kier molecular flexibility index (Phi) is 2.61. The molecule has 1 N–H and O–H groups in total. The van der Waals surface area contributed by atoms with Crippen molar-refractivity contribution < 1.29 is 9.90 Å². The van der Waals surface area contributed by atoms with E-state index in [-0.39, 0.29) is 11.8 Å². The maximum Gasteiger partial charge on any atom is 0.307 e. The number of hydrogen-bond donors (Lipinski definition) is 1. The molecule has 5 nitrogen and oxygen atoms in total. The third kappa shape index (κ3) is 1.94. The average Bonchev–Trinajstić information content (AvgIpc) is 3.07. The van der Waals surface area contributed by atoms with E-state index in [1.807, 2.05) is 0 Å². The third-order valence-corrected chi connectivity index (χ3v) is 3.96. The van der Waals surface area contributed by atoms with Crippen molar-refractivity contribution in [3.63, 3.8) is 0 Å². The van der Waals surface area contributed by atoms with Crippen LogP contribution >= 0.6 is 0 Å². The van der Waals surface area contributed by atoms with Gasteiger partial charge in [0.2, 0.25) is 0 Å². The Hall–Kier alpha value is -1.39. The SMILES string of the molecule is O=C(O)C1CCCCC1c1nncn1C1CC1. The highest BCUT2D eigenvalue weighted by molar-refractivity contribution is 5.71. The Morgan fingerprint density at radius 1 is 1.29 bits per heavy atom. The first-order chi connectivity index (χ1) is 8.27. The van der Waals surface area contributed by atoms with Gasteiger partial charge in [0.1, 0.15) is 12.2 Å². The molecule has 0 bridgehead atoms. The van der Waals surface area contributed by atoms with Gasteiger partial charge in [0.15, 0.2) is 0 Å². The zero-order valence-electron chi connectivity index (χ0n) is 9.75. The Morgan fingerprint density at radius 3 is 2.76 bits per heavy atom. The van der Waals surface area contributed by atoms with Gasteiger partial charge in [-0.25, -0.2) is 0 Å². The molecular formula is C12H17N3O2. The van der Waals surface area contributed by atoms with Crippen LogP contribution in [0.4, 0.5) is 0 Å². The highest BCUT2D eigenvalue weighted by Gasteiger charge is 2.37. The first-order valence-corrected chi connectivity index (χ1v) is 6.39. The lowest BCUT2D eigenvalue weighted by Gasteiger charge is -2.27. The largest absolute Gasteiger partial charge is 0.481 e. The molecule has 2 unspecified atom stereocenters. The van der Waals surface area contributed by atoms with Crippen molar-refractivity contribution in [3.05, 3.63) is 12.2 Å². The van der Waals surface area contributed by atoms with Crippen LogP contribution in [0.1, 0.15) is 56.3 Å². The fraction of sp³-hybridized carbons (Fsp3) is 0.750. The molecule has 2 aliphatic carbocycles. The molecule has 0 spiro atoms. The van der Waals surface area contributed by atoms with Crippen molar-refractivity contribution in [2.45, 2.75) is 50.5 Å². The van der Waals surface area contributed by atoms with Crippen LogP contribution < -0.4 is 0 Å². The first kappa shape index (κ1) is 10.7. The van der Waals surface area contributed by atoms with Crippen molar-refractivity contribution in [1.82, 2.24) is 14.8 Å². The van der Waals surface area contributed by atoms with Crippen LogP contribution in [0, 0.1) is 5.92 Å². The smallest absolute Gasteiger partial charge is 0.307 e. The first-order valence-electron chi connectivity index (χ1n) is 6.39. The van der Waals surface area contributed by atoms with Gasteiger partial charge in [-0.1, -0.05) is 12.8 Å². The number of hydrogen-bond acceptors (Lipinski definition) is 3. The second-order valence-electron chi connectivity index (χ2n) is 5.16. The van der Waals surface area contributed by atoms with Gasteiger partial charge in [0.25, 0.3) is 0 Å². The monoisotopic (exact) mass is 235 g/mol. The van der Waals surface area contributed by atoms with E-state index in [1.165, 1.54) is 12.8 Å². The van der Waals surface area contributed by atoms with Crippen molar-refractivity contribution >= 4 is 5.97 Å². The average molecular weight is 235 g/mol. The van der Waals surface area contributed by atoms with Gasteiger partial charge in [-0.2, -0.15) is 0 Å². The van der Waals surface area contributed by atoms with E-state index in [1.54, 1.807) is 6.33 Å². The van der Waals surface area contributed by atoms with E-state index >= 15 is 0 Å². The van der Waals surface area contributed by atoms with Crippen molar-refractivity contribution in [1.29, 1.82) is 0 Å². The Bertz CT molecular complexity index is 425. The van der Waals surface area contributed by atoms with Gasteiger partial charge in [0, 0.05) is 12.0 Å². The predicted molar refractivity (Wildman–Crippen MR) is 60.6 cm³/mol. The third-order valence-electron chi connectivity index (χ3n) is 3.96. The maximum atomic E-state index is 11.3. The van der Waals surface area contributed by atoms with Gasteiger partial charge in [-0.05, 0) is 25.7 Å². The lowest BCUT2D eigenvalue weighted by atomic mass is 9.78. The number of aliphatic carboxylic acids is 1. The summed E-state index contributed by atoms with van der Waals surface area (Å²) in [6, 6.07) is 0.524. The lowest BCUT2D eigenvalue weighted by Crippen LogP contribution is -2.27. The number of nitrogens with zero attached hydrogens (tertiary/aromatic N) is 3. The molecule has 0 aromatic carbocycles. The molecule has 5 heteroatoms. The van der Waals surface area contributed by atoms with Crippen LogP contribution in [-0.2, 0) is 4.79 Å². The molecule has 1 aromatic heterocycles. The molecule has 0 aliphatic heterocycles. The highest BCUT2D eigenvalue weighted by Crippen LogP contribution is 2.41. The van der Waals surface area contributed by atoms with E-state index in [0.717, 1.165) is 31.5 Å². The second-order valence-corrected chi connectivity index (χ2v) is 5.16. The van der Waals surface area contributed by atoms with Crippen LogP contribution in [-0.4, -0.2) is 25.8 Å². The van der Waals surface area contributed by atoms with Gasteiger partial charge in [-0.15, -0.1) is 10.2 Å². The van der Waals surface area contributed by atoms with Gasteiger partial charge < -0.3 is 9.67 Å². The molecule has 2 fully saturated rings. The summed E-state index contributed by atoms with van der Waals surface area (Å²) in [7, 11) is 0. The quantitative estimate of drug-likeness (QED) is 0.869. The minimum absolute atomic E-state index is 0.0596. The van der Waals surface area contributed by atoms with Gasteiger partial charge in [0.05, 0.1) is 5.92 Å². The standard InChI is InChI=1S/C12H17N3O2/c16-12(17)10-4-2-1-3-9(10)11-14-13-7-15(11)8-5-6-8/h7-10H,1-6H2,(H,16,17). The number of aromatic nitrogens is 3. The molecule has 0 saturated heterocycles. The van der Waals surface area contributed by atoms with Crippen molar-refractivity contribution in [3.8, 4) is 0 Å². The molecule has 2 saturated carbocycles. The zero-order chi connectivity index (χ0) is 11.8. The molecule has 17 heavy (non-hydrogen) atoms. The van der Waals surface area contributed by atoms with Gasteiger partial charge in [-0.3, -0.25) is 4.79 Å². The Labute approximate surface area is 99.9 Å². The van der Waals surface area contributed by atoms with Crippen molar-refractivity contribution in [2.24, 2.45) is 5.92 Å². The van der Waals surface area contributed by atoms with E-state index < -0.39 is 5.97 Å². The second kappa shape index (κ2) is 4.13. The molecular weight excluding hydrogens is 218 g/mol. The van der Waals surface area contributed by atoms with E-state index in [0.29, 0.717) is 6.04 Å². The Balaban J connectivity index is 1.89. The summed E-state index contributed by atoms with van der Waals surface area (Å²) < 4.78 is 2.10. The Morgan fingerprint density at radius 2 is 2.06 bits per heavy atom. The molecule has 0 amide bonds. The van der Waals surface area contributed by atoms with Crippen LogP contribution in [0.2, 0.25) is 0 Å². The summed E-state index contributed by atoms with van der Waals surface area (Å²) in [4.78, 5) is 11.3. The number of carbonyl (C=O) groups is 1. The van der Waals surface area contributed by atoms with E-state index in [4.69, 9.17) is 0 Å². The van der Waals surface area contributed by atoms with Crippen LogP contribution in [0.5, 0.6) is 0 Å². The summed E-state index contributed by atoms with van der Waals surface area (Å²) >= 11 is 0. The van der Waals surface area contributed by atoms with Gasteiger partial charge >= 0.3 is 5.97 Å². The minimum Gasteiger partial charge on any atom is -0.481 e. The molecule has 2 aliphatic rings.